The Morgan fingerprint density at radius 1 is 1.16 bits per heavy atom. The van der Waals surface area contributed by atoms with Crippen LogP contribution in [-0.2, 0) is 11.2 Å². The van der Waals surface area contributed by atoms with Crippen molar-refractivity contribution < 1.29 is 13.9 Å². The van der Waals surface area contributed by atoms with E-state index in [-0.39, 0.29) is 24.2 Å². The zero-order chi connectivity index (χ0) is 17.6. The summed E-state index contributed by atoms with van der Waals surface area (Å²) < 4.78 is 18.3. The van der Waals surface area contributed by atoms with Crippen molar-refractivity contribution in [2.75, 3.05) is 25.1 Å². The number of benzene rings is 2. The highest BCUT2D eigenvalue weighted by molar-refractivity contribution is 5.78. The van der Waals surface area contributed by atoms with Gasteiger partial charge in [0.05, 0.1) is 19.2 Å². The number of para-hydroxylation sites is 2. The van der Waals surface area contributed by atoms with Crippen molar-refractivity contribution in [3.05, 3.63) is 59.9 Å². The molecule has 0 bridgehead atoms. The zero-order valence-corrected chi connectivity index (χ0v) is 14.4. The maximum absolute atomic E-state index is 12.9. The molecule has 1 aliphatic heterocycles. The van der Waals surface area contributed by atoms with E-state index in [1.165, 1.54) is 12.1 Å². The van der Waals surface area contributed by atoms with Crippen LogP contribution in [0, 0.1) is 5.82 Å². The van der Waals surface area contributed by atoms with Gasteiger partial charge in [-0.3, -0.25) is 4.79 Å². The Bertz CT molecular complexity index is 710. The highest BCUT2D eigenvalue weighted by atomic mass is 19.1. The lowest BCUT2D eigenvalue weighted by molar-refractivity contribution is -0.121. The van der Waals surface area contributed by atoms with Crippen LogP contribution < -0.4 is 15.0 Å². The van der Waals surface area contributed by atoms with Crippen LogP contribution in [-0.4, -0.2) is 32.1 Å². The summed E-state index contributed by atoms with van der Waals surface area (Å²) in [5.41, 5.74) is 1.92. The number of nitrogens with one attached hydrogen (secondary N) is 1. The van der Waals surface area contributed by atoms with Crippen LogP contribution in [0.15, 0.2) is 48.5 Å². The van der Waals surface area contributed by atoms with Gasteiger partial charge < -0.3 is 15.0 Å². The molecule has 2 aromatic carbocycles. The second-order valence-corrected chi connectivity index (χ2v) is 6.30. The summed E-state index contributed by atoms with van der Waals surface area (Å²) in [4.78, 5) is 14.5. The van der Waals surface area contributed by atoms with Crippen LogP contribution in [0.4, 0.5) is 10.1 Å². The molecule has 0 aliphatic carbocycles. The maximum Gasteiger partial charge on any atom is 0.224 e. The summed E-state index contributed by atoms with van der Waals surface area (Å²) in [5, 5.41) is 3.09. The Kier molecular flexibility index (Phi) is 5.53. The number of rotatable bonds is 5. The summed E-state index contributed by atoms with van der Waals surface area (Å²) >= 11 is 0. The smallest absolute Gasteiger partial charge is 0.224 e. The van der Waals surface area contributed by atoms with Crippen molar-refractivity contribution in [2.45, 2.75) is 25.3 Å². The van der Waals surface area contributed by atoms with Crippen LogP contribution >= 0.6 is 0 Å². The molecule has 0 radical (unpaired) electrons. The molecule has 1 fully saturated rings. The third kappa shape index (κ3) is 4.50. The zero-order valence-electron chi connectivity index (χ0n) is 14.4. The van der Waals surface area contributed by atoms with Gasteiger partial charge in [-0.15, -0.1) is 0 Å². The van der Waals surface area contributed by atoms with Gasteiger partial charge in [0.2, 0.25) is 5.91 Å². The molecule has 0 aromatic heterocycles. The molecule has 0 unspecified atom stereocenters. The minimum atomic E-state index is -0.284. The van der Waals surface area contributed by atoms with E-state index in [2.05, 4.69) is 16.3 Å². The number of methoxy groups -OCH3 is 1. The topological polar surface area (TPSA) is 41.6 Å². The Morgan fingerprint density at radius 2 is 1.84 bits per heavy atom. The van der Waals surface area contributed by atoms with Gasteiger partial charge >= 0.3 is 0 Å². The Balaban J connectivity index is 1.50. The molecule has 1 heterocycles. The fourth-order valence-electron chi connectivity index (χ4n) is 3.22. The minimum absolute atomic E-state index is 0.0117. The standard InChI is InChI=1S/C20H23FN2O2/c1-25-19-5-3-2-4-18(19)23-12-10-17(11-13-23)22-20(24)14-15-6-8-16(21)9-7-15/h2-9,17H,10-14H2,1H3,(H,22,24). The molecule has 1 saturated heterocycles. The lowest BCUT2D eigenvalue weighted by atomic mass is 10.0. The van der Waals surface area contributed by atoms with E-state index in [0.29, 0.717) is 0 Å². The summed E-state index contributed by atoms with van der Waals surface area (Å²) in [6, 6.07) is 14.2. The molecule has 1 N–H and O–H groups in total. The van der Waals surface area contributed by atoms with E-state index < -0.39 is 0 Å². The third-order valence-corrected chi connectivity index (χ3v) is 4.56. The second kappa shape index (κ2) is 8.01. The Labute approximate surface area is 147 Å². The van der Waals surface area contributed by atoms with Gasteiger partial charge in [0.25, 0.3) is 0 Å². The van der Waals surface area contributed by atoms with Gasteiger partial charge in [-0.25, -0.2) is 4.39 Å². The van der Waals surface area contributed by atoms with Crippen molar-refractivity contribution in [1.82, 2.24) is 5.32 Å². The van der Waals surface area contributed by atoms with E-state index in [1.54, 1.807) is 19.2 Å². The summed E-state index contributed by atoms with van der Waals surface area (Å²) in [7, 11) is 1.68. The number of ether oxygens (including phenoxy) is 1. The molecule has 0 atom stereocenters. The highest BCUT2D eigenvalue weighted by Gasteiger charge is 2.22. The van der Waals surface area contributed by atoms with Gasteiger partial charge in [-0.2, -0.15) is 0 Å². The average molecular weight is 342 g/mol. The summed E-state index contributed by atoms with van der Waals surface area (Å²) in [6.07, 6.45) is 2.08. The van der Waals surface area contributed by atoms with Crippen molar-refractivity contribution in [3.63, 3.8) is 0 Å². The fraction of sp³-hybridized carbons (Fsp3) is 0.350. The van der Waals surface area contributed by atoms with E-state index in [1.807, 2.05) is 18.2 Å². The fourth-order valence-corrected chi connectivity index (χ4v) is 3.22. The number of hydrogen-bond donors (Lipinski definition) is 1. The molecule has 0 saturated carbocycles. The first kappa shape index (κ1) is 17.3. The lowest BCUT2D eigenvalue weighted by Gasteiger charge is -2.34. The number of nitrogens with zero attached hydrogens (tertiary/aromatic N) is 1. The predicted molar refractivity (Wildman–Crippen MR) is 96.5 cm³/mol. The van der Waals surface area contributed by atoms with Crippen molar-refractivity contribution in [3.8, 4) is 5.75 Å². The lowest BCUT2D eigenvalue weighted by Crippen LogP contribution is -2.45. The van der Waals surface area contributed by atoms with Gasteiger partial charge in [-0.1, -0.05) is 24.3 Å². The monoisotopic (exact) mass is 342 g/mol. The number of amides is 1. The van der Waals surface area contributed by atoms with E-state index >= 15 is 0 Å². The van der Waals surface area contributed by atoms with Crippen molar-refractivity contribution in [1.29, 1.82) is 0 Å². The number of hydrogen-bond acceptors (Lipinski definition) is 3. The first-order valence-electron chi connectivity index (χ1n) is 8.57. The number of anilines is 1. The number of carbonyl (C=O) groups is 1. The van der Waals surface area contributed by atoms with Crippen molar-refractivity contribution in [2.24, 2.45) is 0 Å². The van der Waals surface area contributed by atoms with Crippen LogP contribution in [0.3, 0.4) is 0 Å². The molecule has 132 valence electrons. The first-order valence-corrected chi connectivity index (χ1v) is 8.57. The van der Waals surface area contributed by atoms with Gasteiger partial charge in [0, 0.05) is 19.1 Å². The van der Waals surface area contributed by atoms with Crippen LogP contribution in [0.2, 0.25) is 0 Å². The minimum Gasteiger partial charge on any atom is -0.495 e. The first-order chi connectivity index (χ1) is 12.2. The molecule has 5 heteroatoms. The van der Waals surface area contributed by atoms with E-state index in [0.717, 1.165) is 42.9 Å². The highest BCUT2D eigenvalue weighted by Crippen LogP contribution is 2.29. The summed E-state index contributed by atoms with van der Waals surface area (Å²) in [6.45, 7) is 1.75. The average Bonchev–Trinajstić information content (AvgIpc) is 2.64. The summed E-state index contributed by atoms with van der Waals surface area (Å²) in [5.74, 6) is 0.580. The normalized spacial score (nSPS) is 15.0. The van der Waals surface area contributed by atoms with Gasteiger partial charge in [0.1, 0.15) is 11.6 Å². The quantitative estimate of drug-likeness (QED) is 0.907. The maximum atomic E-state index is 12.9. The molecule has 0 spiro atoms. The molecule has 1 aliphatic rings. The largest absolute Gasteiger partial charge is 0.495 e. The number of halogens is 1. The van der Waals surface area contributed by atoms with E-state index in [4.69, 9.17) is 4.74 Å². The van der Waals surface area contributed by atoms with E-state index in [9.17, 15) is 9.18 Å². The molecular formula is C20H23FN2O2. The van der Waals surface area contributed by atoms with Gasteiger partial charge in [0.15, 0.2) is 0 Å². The van der Waals surface area contributed by atoms with Gasteiger partial charge in [-0.05, 0) is 42.7 Å². The molecule has 4 nitrogen and oxygen atoms in total. The predicted octanol–water partition coefficient (Wildman–Crippen LogP) is 3.16. The Hall–Kier alpha value is -2.56. The van der Waals surface area contributed by atoms with Crippen molar-refractivity contribution >= 4 is 11.6 Å². The van der Waals surface area contributed by atoms with Crippen LogP contribution in [0.5, 0.6) is 5.75 Å². The molecular weight excluding hydrogens is 319 g/mol. The molecule has 3 rings (SSSR count). The molecule has 1 amide bonds. The SMILES string of the molecule is COc1ccccc1N1CCC(NC(=O)Cc2ccc(F)cc2)CC1. The Morgan fingerprint density at radius 3 is 2.52 bits per heavy atom. The van der Waals surface area contributed by atoms with Crippen LogP contribution in [0.25, 0.3) is 0 Å². The second-order valence-electron chi connectivity index (χ2n) is 6.30. The molecule has 25 heavy (non-hydrogen) atoms. The third-order valence-electron chi connectivity index (χ3n) is 4.56. The number of piperidine rings is 1. The van der Waals surface area contributed by atoms with Crippen LogP contribution in [0.1, 0.15) is 18.4 Å². The number of carbonyl (C=O) groups excluding carboxylic acids is 1. The molecule has 2 aromatic rings.